The van der Waals surface area contributed by atoms with E-state index in [9.17, 15) is 0 Å². The van der Waals surface area contributed by atoms with Crippen molar-refractivity contribution in [1.29, 1.82) is 0 Å². The number of rotatable bonds is 4. The Balaban J connectivity index is 2.81. The van der Waals surface area contributed by atoms with Crippen molar-refractivity contribution >= 4 is 5.57 Å². The van der Waals surface area contributed by atoms with Gasteiger partial charge in [-0.2, -0.15) is 0 Å². The summed E-state index contributed by atoms with van der Waals surface area (Å²) in [5.74, 6) is 0. The molecular weight excluding hydrogens is 180 g/mol. The molecule has 0 heteroatoms. The summed E-state index contributed by atoms with van der Waals surface area (Å²) in [6, 6.07) is 10.5. The molecular formula is C15H20. The maximum absolute atomic E-state index is 2.25. The fourth-order valence-electron chi connectivity index (χ4n) is 1.53. The van der Waals surface area contributed by atoms with Crippen LogP contribution in [0.2, 0.25) is 0 Å². The molecule has 0 N–H and O–H groups in total. The van der Waals surface area contributed by atoms with Crippen LogP contribution in [0.5, 0.6) is 0 Å². The van der Waals surface area contributed by atoms with Gasteiger partial charge in [-0.05, 0) is 30.9 Å². The molecule has 0 spiro atoms. The average Bonchev–Trinajstić information content (AvgIpc) is 2.31. The van der Waals surface area contributed by atoms with E-state index in [0.29, 0.717) is 0 Å². The Labute approximate surface area is 93.3 Å². The molecule has 0 aromatic heterocycles. The van der Waals surface area contributed by atoms with Crippen LogP contribution in [0.15, 0.2) is 48.1 Å². The van der Waals surface area contributed by atoms with Gasteiger partial charge in [0.1, 0.15) is 0 Å². The second kappa shape index (κ2) is 6.23. The van der Waals surface area contributed by atoms with Gasteiger partial charge in [-0.3, -0.25) is 0 Å². The maximum Gasteiger partial charge on any atom is -0.0227 e. The summed E-state index contributed by atoms with van der Waals surface area (Å²) >= 11 is 0. The summed E-state index contributed by atoms with van der Waals surface area (Å²) in [6.45, 7) is 6.58. The topological polar surface area (TPSA) is 0 Å². The highest BCUT2D eigenvalue weighted by Gasteiger charge is 1.92. The monoisotopic (exact) mass is 200 g/mol. The fraction of sp³-hybridized carbons (Fsp3) is 0.333. The summed E-state index contributed by atoms with van der Waals surface area (Å²) < 4.78 is 0. The van der Waals surface area contributed by atoms with Crippen molar-refractivity contribution in [2.24, 2.45) is 0 Å². The summed E-state index contributed by atoms with van der Waals surface area (Å²) in [7, 11) is 0. The first-order valence-electron chi connectivity index (χ1n) is 5.69. The Morgan fingerprint density at radius 3 is 2.13 bits per heavy atom. The molecule has 0 aliphatic carbocycles. The third kappa shape index (κ3) is 3.75. The second-order valence-corrected chi connectivity index (χ2v) is 3.75. The van der Waals surface area contributed by atoms with Gasteiger partial charge in [0, 0.05) is 0 Å². The van der Waals surface area contributed by atoms with Gasteiger partial charge in [-0.25, -0.2) is 0 Å². The van der Waals surface area contributed by atoms with Crippen LogP contribution in [0.1, 0.15) is 39.2 Å². The zero-order valence-electron chi connectivity index (χ0n) is 9.96. The van der Waals surface area contributed by atoms with E-state index in [-0.39, 0.29) is 0 Å². The van der Waals surface area contributed by atoms with Gasteiger partial charge in [0.25, 0.3) is 0 Å². The van der Waals surface area contributed by atoms with Crippen LogP contribution in [0.4, 0.5) is 0 Å². The van der Waals surface area contributed by atoms with Gasteiger partial charge >= 0.3 is 0 Å². The van der Waals surface area contributed by atoms with Gasteiger partial charge in [0.2, 0.25) is 0 Å². The van der Waals surface area contributed by atoms with E-state index in [1.54, 1.807) is 0 Å². The lowest BCUT2D eigenvalue weighted by atomic mass is 10.1. The standard InChI is InChI=1S/C15H20/c1-4-14(5-2)12-11-13(3)15-9-7-6-8-10-15/h6-12H,4-5H2,1-3H3. The molecule has 0 heterocycles. The normalized spacial score (nSPS) is 11.3. The van der Waals surface area contributed by atoms with Gasteiger partial charge in [-0.1, -0.05) is 61.9 Å². The van der Waals surface area contributed by atoms with Crippen molar-refractivity contribution in [3.63, 3.8) is 0 Å². The largest absolute Gasteiger partial charge is 0.0708 e. The van der Waals surface area contributed by atoms with E-state index < -0.39 is 0 Å². The number of benzene rings is 1. The first-order chi connectivity index (χ1) is 7.27. The van der Waals surface area contributed by atoms with E-state index in [1.807, 2.05) is 0 Å². The third-order valence-electron chi connectivity index (χ3n) is 2.71. The highest BCUT2D eigenvalue weighted by Crippen LogP contribution is 2.14. The van der Waals surface area contributed by atoms with Crippen LogP contribution in [0.25, 0.3) is 5.57 Å². The Hall–Kier alpha value is -1.30. The predicted octanol–water partition coefficient (Wildman–Crippen LogP) is 4.84. The molecule has 0 saturated heterocycles. The molecule has 0 fully saturated rings. The summed E-state index contributed by atoms with van der Waals surface area (Å²) in [5.41, 5.74) is 4.14. The SMILES string of the molecule is CCC(=CC=C(C)c1ccccc1)CC. The smallest absolute Gasteiger partial charge is 0.0227 e. The van der Waals surface area contributed by atoms with Crippen molar-refractivity contribution in [3.05, 3.63) is 53.6 Å². The van der Waals surface area contributed by atoms with Crippen LogP contribution >= 0.6 is 0 Å². The van der Waals surface area contributed by atoms with Gasteiger partial charge in [0.15, 0.2) is 0 Å². The molecule has 0 nitrogen and oxygen atoms in total. The second-order valence-electron chi connectivity index (χ2n) is 3.75. The minimum absolute atomic E-state index is 1.15. The van der Waals surface area contributed by atoms with E-state index in [1.165, 1.54) is 16.7 Å². The minimum atomic E-state index is 1.15. The van der Waals surface area contributed by atoms with Crippen molar-refractivity contribution in [2.75, 3.05) is 0 Å². The van der Waals surface area contributed by atoms with Gasteiger partial charge < -0.3 is 0 Å². The van der Waals surface area contributed by atoms with Crippen molar-refractivity contribution < 1.29 is 0 Å². The minimum Gasteiger partial charge on any atom is -0.0708 e. The number of hydrogen-bond acceptors (Lipinski definition) is 0. The third-order valence-corrected chi connectivity index (χ3v) is 2.71. The van der Waals surface area contributed by atoms with Crippen molar-refractivity contribution in [3.8, 4) is 0 Å². The van der Waals surface area contributed by atoms with Crippen LogP contribution in [-0.4, -0.2) is 0 Å². The maximum atomic E-state index is 2.25. The van der Waals surface area contributed by atoms with Crippen LogP contribution < -0.4 is 0 Å². The zero-order chi connectivity index (χ0) is 11.1. The molecule has 1 rings (SSSR count). The lowest BCUT2D eigenvalue weighted by Crippen LogP contribution is -1.79. The van der Waals surface area contributed by atoms with E-state index >= 15 is 0 Å². The molecule has 0 bridgehead atoms. The van der Waals surface area contributed by atoms with Crippen molar-refractivity contribution in [1.82, 2.24) is 0 Å². The summed E-state index contributed by atoms with van der Waals surface area (Å²) in [5, 5.41) is 0. The number of allylic oxidation sites excluding steroid dienone is 4. The molecule has 0 atom stereocenters. The van der Waals surface area contributed by atoms with Gasteiger partial charge in [0.05, 0.1) is 0 Å². The molecule has 0 aliphatic heterocycles. The molecule has 1 aromatic carbocycles. The lowest BCUT2D eigenvalue weighted by molar-refractivity contribution is 0.978. The Morgan fingerprint density at radius 2 is 1.60 bits per heavy atom. The van der Waals surface area contributed by atoms with Gasteiger partial charge in [-0.15, -0.1) is 0 Å². The Kier molecular flexibility index (Phi) is 4.89. The van der Waals surface area contributed by atoms with Crippen LogP contribution in [-0.2, 0) is 0 Å². The fourth-order valence-corrected chi connectivity index (χ4v) is 1.53. The first kappa shape index (κ1) is 11.8. The average molecular weight is 200 g/mol. The summed E-state index contributed by atoms with van der Waals surface area (Å²) in [6.07, 6.45) is 6.77. The van der Waals surface area contributed by atoms with E-state index in [0.717, 1.165) is 12.8 Å². The lowest BCUT2D eigenvalue weighted by Gasteiger charge is -2.01. The summed E-state index contributed by atoms with van der Waals surface area (Å²) in [4.78, 5) is 0. The molecule has 0 amide bonds. The molecule has 15 heavy (non-hydrogen) atoms. The molecule has 0 saturated carbocycles. The van der Waals surface area contributed by atoms with E-state index in [4.69, 9.17) is 0 Å². The first-order valence-corrected chi connectivity index (χ1v) is 5.69. The molecule has 1 aromatic rings. The van der Waals surface area contributed by atoms with Crippen LogP contribution in [0.3, 0.4) is 0 Å². The zero-order valence-corrected chi connectivity index (χ0v) is 9.96. The Morgan fingerprint density at radius 1 is 1.00 bits per heavy atom. The quantitative estimate of drug-likeness (QED) is 0.610. The molecule has 0 unspecified atom stereocenters. The van der Waals surface area contributed by atoms with Crippen molar-refractivity contribution in [2.45, 2.75) is 33.6 Å². The number of hydrogen-bond donors (Lipinski definition) is 0. The van der Waals surface area contributed by atoms with E-state index in [2.05, 4.69) is 63.3 Å². The predicted molar refractivity (Wildman–Crippen MR) is 68.8 cm³/mol. The molecule has 80 valence electrons. The molecule has 0 aliphatic rings. The Bertz CT molecular complexity index is 336. The highest BCUT2D eigenvalue weighted by molar-refractivity contribution is 5.65. The highest BCUT2D eigenvalue weighted by atomic mass is 14.0. The molecule has 0 radical (unpaired) electrons. The van der Waals surface area contributed by atoms with Crippen LogP contribution in [0, 0.1) is 0 Å².